The number of hydrogen-bond acceptors (Lipinski definition) is 2. The number of piperidine rings is 1. The molecule has 0 aromatic rings. The van der Waals surface area contributed by atoms with E-state index in [1.165, 1.54) is 0 Å². The monoisotopic (exact) mass is 154 g/mol. The van der Waals surface area contributed by atoms with Gasteiger partial charge in [-0.1, -0.05) is 0 Å². The van der Waals surface area contributed by atoms with Gasteiger partial charge < -0.3 is 4.79 Å². The molecule has 1 saturated heterocycles. The summed E-state index contributed by atoms with van der Waals surface area (Å²) < 4.78 is 0. The SMILES string of the molecule is CC(C)(C=O)N1CC[CH]CC1. The topological polar surface area (TPSA) is 20.3 Å². The van der Waals surface area contributed by atoms with Crippen molar-refractivity contribution in [2.75, 3.05) is 13.1 Å². The zero-order chi connectivity index (χ0) is 8.32. The van der Waals surface area contributed by atoms with E-state index in [0.717, 1.165) is 32.2 Å². The zero-order valence-corrected chi connectivity index (χ0v) is 7.34. The van der Waals surface area contributed by atoms with Gasteiger partial charge in [0.1, 0.15) is 6.29 Å². The first-order chi connectivity index (χ1) is 5.17. The van der Waals surface area contributed by atoms with Crippen molar-refractivity contribution in [2.24, 2.45) is 0 Å². The Balaban J connectivity index is 2.50. The van der Waals surface area contributed by atoms with E-state index in [4.69, 9.17) is 0 Å². The van der Waals surface area contributed by atoms with Crippen LogP contribution < -0.4 is 0 Å². The maximum absolute atomic E-state index is 10.7. The van der Waals surface area contributed by atoms with Crippen molar-refractivity contribution < 1.29 is 4.79 Å². The van der Waals surface area contributed by atoms with Gasteiger partial charge in [0.2, 0.25) is 0 Å². The van der Waals surface area contributed by atoms with Crippen LogP contribution in [0.3, 0.4) is 0 Å². The minimum absolute atomic E-state index is 0.256. The number of aldehydes is 1. The second-order valence-corrected chi connectivity index (χ2v) is 3.62. The molecular formula is C9H16NO. The molecule has 0 spiro atoms. The number of carbonyl (C=O) groups excluding carboxylic acids is 1. The second kappa shape index (κ2) is 3.35. The molecule has 1 radical (unpaired) electrons. The van der Waals surface area contributed by atoms with Crippen LogP contribution in [0.2, 0.25) is 0 Å². The average molecular weight is 154 g/mol. The molecule has 1 rings (SSSR count). The van der Waals surface area contributed by atoms with Crippen molar-refractivity contribution in [2.45, 2.75) is 32.2 Å². The molecule has 1 aliphatic rings. The van der Waals surface area contributed by atoms with Crippen LogP contribution in [0.5, 0.6) is 0 Å². The van der Waals surface area contributed by atoms with Crippen molar-refractivity contribution in [3.63, 3.8) is 0 Å². The molecule has 1 heterocycles. The van der Waals surface area contributed by atoms with E-state index >= 15 is 0 Å². The standard InChI is InChI=1S/C9H16NO/c1-9(2,8-11)10-6-4-3-5-7-10/h3,8H,4-7H2,1-2H3. The quantitative estimate of drug-likeness (QED) is 0.558. The summed E-state index contributed by atoms with van der Waals surface area (Å²) in [6.07, 6.45) is 5.57. The molecule has 0 unspecified atom stereocenters. The smallest absolute Gasteiger partial charge is 0.139 e. The van der Waals surface area contributed by atoms with Gasteiger partial charge in [-0.25, -0.2) is 0 Å². The van der Waals surface area contributed by atoms with E-state index in [0.29, 0.717) is 0 Å². The molecular weight excluding hydrogens is 138 g/mol. The maximum Gasteiger partial charge on any atom is 0.139 e. The average Bonchev–Trinajstić information content (AvgIpc) is 2.06. The lowest BCUT2D eigenvalue weighted by molar-refractivity contribution is -0.117. The van der Waals surface area contributed by atoms with Gasteiger partial charge in [-0.2, -0.15) is 0 Å². The minimum atomic E-state index is -0.256. The molecule has 1 aliphatic heterocycles. The second-order valence-electron chi connectivity index (χ2n) is 3.62. The molecule has 0 atom stereocenters. The Morgan fingerprint density at radius 2 is 1.91 bits per heavy atom. The molecule has 0 amide bonds. The highest BCUT2D eigenvalue weighted by Crippen LogP contribution is 2.17. The summed E-state index contributed by atoms with van der Waals surface area (Å²) in [5, 5.41) is 0. The van der Waals surface area contributed by atoms with Gasteiger partial charge in [0, 0.05) is 0 Å². The molecule has 63 valence electrons. The van der Waals surface area contributed by atoms with Gasteiger partial charge in [0.15, 0.2) is 0 Å². The molecule has 1 fully saturated rings. The van der Waals surface area contributed by atoms with E-state index in [2.05, 4.69) is 11.3 Å². The number of hydrogen-bond donors (Lipinski definition) is 0. The molecule has 11 heavy (non-hydrogen) atoms. The number of nitrogens with zero attached hydrogens (tertiary/aromatic N) is 1. The Bertz CT molecular complexity index is 136. The largest absolute Gasteiger partial charge is 0.301 e. The fourth-order valence-electron chi connectivity index (χ4n) is 1.40. The lowest BCUT2D eigenvalue weighted by atomic mass is 10.0. The van der Waals surface area contributed by atoms with Gasteiger partial charge in [0.05, 0.1) is 5.54 Å². The van der Waals surface area contributed by atoms with Crippen LogP contribution in [-0.4, -0.2) is 29.8 Å². The molecule has 2 heteroatoms. The zero-order valence-electron chi connectivity index (χ0n) is 7.34. The van der Waals surface area contributed by atoms with Crippen LogP contribution in [0.25, 0.3) is 0 Å². The molecule has 2 nitrogen and oxygen atoms in total. The molecule has 0 aromatic heterocycles. The van der Waals surface area contributed by atoms with E-state index in [1.807, 2.05) is 13.8 Å². The van der Waals surface area contributed by atoms with Gasteiger partial charge in [0.25, 0.3) is 0 Å². The number of rotatable bonds is 2. The summed E-state index contributed by atoms with van der Waals surface area (Å²) in [6.45, 7) is 6.02. The third kappa shape index (κ3) is 2.03. The summed E-state index contributed by atoms with van der Waals surface area (Å²) in [7, 11) is 0. The van der Waals surface area contributed by atoms with Gasteiger partial charge >= 0.3 is 0 Å². The highest BCUT2D eigenvalue weighted by atomic mass is 16.1. The Hall–Kier alpha value is -0.370. The predicted molar refractivity (Wildman–Crippen MR) is 45.3 cm³/mol. The lowest BCUT2D eigenvalue weighted by Crippen LogP contribution is -2.47. The van der Waals surface area contributed by atoms with Crippen molar-refractivity contribution in [1.82, 2.24) is 4.90 Å². The Labute approximate surface area is 68.6 Å². The molecule has 0 N–H and O–H groups in total. The van der Waals surface area contributed by atoms with Gasteiger partial charge in [-0.3, -0.25) is 4.90 Å². The Kier molecular flexibility index (Phi) is 2.66. The molecule has 0 aliphatic carbocycles. The van der Waals surface area contributed by atoms with Crippen molar-refractivity contribution in [3.8, 4) is 0 Å². The van der Waals surface area contributed by atoms with E-state index in [1.54, 1.807) is 0 Å². The highest BCUT2D eigenvalue weighted by Gasteiger charge is 2.26. The Morgan fingerprint density at radius 1 is 1.36 bits per heavy atom. The summed E-state index contributed by atoms with van der Waals surface area (Å²) in [5.41, 5.74) is -0.256. The lowest BCUT2D eigenvalue weighted by Gasteiger charge is -2.36. The van der Waals surface area contributed by atoms with Crippen molar-refractivity contribution in [1.29, 1.82) is 0 Å². The third-order valence-corrected chi connectivity index (χ3v) is 2.31. The molecule has 0 bridgehead atoms. The molecule has 0 saturated carbocycles. The summed E-state index contributed by atoms with van der Waals surface area (Å²) >= 11 is 0. The first-order valence-electron chi connectivity index (χ1n) is 4.20. The predicted octanol–water partition coefficient (Wildman–Crippen LogP) is 1.26. The van der Waals surface area contributed by atoms with E-state index in [9.17, 15) is 4.79 Å². The van der Waals surface area contributed by atoms with Crippen LogP contribution in [0.15, 0.2) is 0 Å². The number of carbonyl (C=O) groups is 1. The van der Waals surface area contributed by atoms with Crippen molar-refractivity contribution in [3.05, 3.63) is 6.42 Å². The van der Waals surface area contributed by atoms with Gasteiger partial charge in [-0.15, -0.1) is 0 Å². The van der Waals surface area contributed by atoms with Crippen LogP contribution in [-0.2, 0) is 4.79 Å². The summed E-state index contributed by atoms with van der Waals surface area (Å²) in [5.74, 6) is 0. The summed E-state index contributed by atoms with van der Waals surface area (Å²) in [4.78, 5) is 12.9. The fourth-order valence-corrected chi connectivity index (χ4v) is 1.40. The minimum Gasteiger partial charge on any atom is -0.301 e. The highest BCUT2D eigenvalue weighted by molar-refractivity contribution is 5.62. The van der Waals surface area contributed by atoms with Crippen LogP contribution in [0.1, 0.15) is 26.7 Å². The Morgan fingerprint density at radius 3 is 2.36 bits per heavy atom. The normalized spacial score (nSPS) is 21.6. The van der Waals surface area contributed by atoms with Crippen LogP contribution in [0, 0.1) is 6.42 Å². The number of likely N-dealkylation sites (tertiary alicyclic amines) is 1. The van der Waals surface area contributed by atoms with E-state index < -0.39 is 0 Å². The first kappa shape index (κ1) is 8.72. The maximum atomic E-state index is 10.7. The fraction of sp³-hybridized carbons (Fsp3) is 0.778. The summed E-state index contributed by atoms with van der Waals surface area (Å²) in [6, 6.07) is 0. The molecule has 0 aromatic carbocycles. The van der Waals surface area contributed by atoms with Gasteiger partial charge in [-0.05, 0) is 46.2 Å². The van der Waals surface area contributed by atoms with Crippen LogP contribution >= 0.6 is 0 Å². The van der Waals surface area contributed by atoms with Crippen LogP contribution in [0.4, 0.5) is 0 Å². The first-order valence-corrected chi connectivity index (χ1v) is 4.20. The van der Waals surface area contributed by atoms with Crippen molar-refractivity contribution >= 4 is 6.29 Å². The third-order valence-electron chi connectivity index (χ3n) is 2.31. The van der Waals surface area contributed by atoms with E-state index in [-0.39, 0.29) is 5.54 Å².